The van der Waals surface area contributed by atoms with Crippen molar-refractivity contribution in [2.45, 2.75) is 46.7 Å². The summed E-state index contributed by atoms with van der Waals surface area (Å²) < 4.78 is 18.9. The second-order valence-corrected chi connectivity index (χ2v) is 9.39. The highest BCUT2D eigenvalue weighted by Crippen LogP contribution is 2.45. The molecular formula is C27H28FN3O3S. The summed E-state index contributed by atoms with van der Waals surface area (Å²) in [6.07, 6.45) is 0.0951. The summed E-state index contributed by atoms with van der Waals surface area (Å²) in [4.78, 5) is 32.5. The van der Waals surface area contributed by atoms with Gasteiger partial charge in [0.15, 0.2) is 5.17 Å². The van der Waals surface area contributed by atoms with Gasteiger partial charge in [-0.15, -0.1) is 0 Å². The number of nitrogens with zero attached hydrogens (tertiary/aromatic N) is 2. The molecular weight excluding hydrogens is 465 g/mol. The highest BCUT2D eigenvalue weighted by molar-refractivity contribution is 8.16. The van der Waals surface area contributed by atoms with Gasteiger partial charge in [0.25, 0.3) is 0 Å². The molecule has 8 heteroatoms. The Morgan fingerprint density at radius 1 is 1.17 bits per heavy atom. The molecule has 0 radical (unpaired) electrons. The molecule has 2 aromatic carbocycles. The summed E-state index contributed by atoms with van der Waals surface area (Å²) in [6.45, 7) is 8.12. The number of amides is 1. The maximum atomic E-state index is 13.5. The number of carbonyl (C=O) groups excluding carboxylic acids is 2. The van der Waals surface area contributed by atoms with Crippen LogP contribution in [0.1, 0.15) is 48.6 Å². The second kappa shape index (κ2) is 10.5. The van der Waals surface area contributed by atoms with E-state index < -0.39 is 12.0 Å². The maximum absolute atomic E-state index is 13.5. The van der Waals surface area contributed by atoms with Crippen molar-refractivity contribution in [3.05, 3.63) is 92.9 Å². The average Bonchev–Trinajstić information content (AvgIpc) is 3.19. The van der Waals surface area contributed by atoms with E-state index in [0.717, 1.165) is 22.4 Å². The fourth-order valence-electron chi connectivity index (χ4n) is 4.34. The molecule has 0 unspecified atom stereocenters. The minimum Gasteiger partial charge on any atom is -0.463 e. The number of allylic oxidation sites excluding steroid dienone is 1. The highest BCUT2D eigenvalue weighted by Gasteiger charge is 2.41. The number of thioether (sulfide) groups is 1. The molecule has 1 atom stereocenters. The van der Waals surface area contributed by atoms with E-state index in [-0.39, 0.29) is 31.3 Å². The summed E-state index contributed by atoms with van der Waals surface area (Å²) >= 11 is 1.43. The van der Waals surface area contributed by atoms with E-state index in [0.29, 0.717) is 22.0 Å². The number of carbonyl (C=O) groups is 2. The van der Waals surface area contributed by atoms with Gasteiger partial charge >= 0.3 is 5.97 Å². The van der Waals surface area contributed by atoms with Gasteiger partial charge < -0.3 is 15.0 Å². The van der Waals surface area contributed by atoms with Crippen molar-refractivity contribution in [2.75, 3.05) is 6.61 Å². The first kappa shape index (κ1) is 24.7. The number of rotatable bonds is 7. The molecule has 1 N–H and O–H groups in total. The first-order chi connectivity index (χ1) is 16.8. The predicted octanol–water partition coefficient (Wildman–Crippen LogP) is 5.29. The molecule has 0 spiro atoms. The number of halogens is 1. The molecule has 2 aliphatic rings. The van der Waals surface area contributed by atoms with Crippen LogP contribution in [0.5, 0.6) is 0 Å². The molecule has 2 aliphatic heterocycles. The standard InChI is InChI=1S/C27H28FN3O3S/c1-5-34-26(33)24-18(4)30-27-31(25(24)22-10-9-16(2)11-17(22)3)21(15-35-27)13-23(32)29-14-19-7-6-8-20(28)12-19/h6-12,15,25H,5,13-14H2,1-4H3,(H,29,32)/t25-/m1/s1. The largest absolute Gasteiger partial charge is 0.463 e. The number of nitrogens with one attached hydrogen (secondary N) is 1. The highest BCUT2D eigenvalue weighted by atomic mass is 32.2. The fourth-order valence-corrected chi connectivity index (χ4v) is 5.31. The number of hydrogen-bond acceptors (Lipinski definition) is 6. The monoisotopic (exact) mass is 493 g/mol. The van der Waals surface area contributed by atoms with Gasteiger partial charge in [0.1, 0.15) is 5.82 Å². The van der Waals surface area contributed by atoms with Crippen LogP contribution < -0.4 is 5.32 Å². The lowest BCUT2D eigenvalue weighted by atomic mass is 9.90. The lowest BCUT2D eigenvalue weighted by Gasteiger charge is -2.37. The summed E-state index contributed by atoms with van der Waals surface area (Å²) in [6, 6.07) is 11.8. The zero-order valence-electron chi connectivity index (χ0n) is 20.2. The first-order valence-electron chi connectivity index (χ1n) is 11.5. The van der Waals surface area contributed by atoms with Crippen molar-refractivity contribution in [2.24, 2.45) is 4.99 Å². The number of fused-ring (bicyclic) bond motifs is 1. The molecule has 0 saturated heterocycles. The second-order valence-electron chi connectivity index (χ2n) is 8.56. The average molecular weight is 494 g/mol. The summed E-state index contributed by atoms with van der Waals surface area (Å²) in [7, 11) is 0. The number of hydrogen-bond donors (Lipinski definition) is 1. The number of aryl methyl sites for hydroxylation is 2. The van der Waals surface area contributed by atoms with E-state index in [2.05, 4.69) is 16.4 Å². The van der Waals surface area contributed by atoms with Crippen molar-refractivity contribution >= 4 is 28.8 Å². The Hall–Kier alpha value is -3.39. The zero-order chi connectivity index (χ0) is 25.1. The van der Waals surface area contributed by atoms with Crippen molar-refractivity contribution in [1.82, 2.24) is 10.2 Å². The van der Waals surface area contributed by atoms with E-state index in [1.165, 1.54) is 23.9 Å². The van der Waals surface area contributed by atoms with Crippen LogP contribution in [0.3, 0.4) is 0 Å². The summed E-state index contributed by atoms with van der Waals surface area (Å²) in [5.41, 5.74) is 5.62. The molecule has 1 amide bonds. The van der Waals surface area contributed by atoms with E-state index in [4.69, 9.17) is 4.74 Å². The Morgan fingerprint density at radius 3 is 2.69 bits per heavy atom. The van der Waals surface area contributed by atoms with Crippen LogP contribution in [0.2, 0.25) is 0 Å². The van der Waals surface area contributed by atoms with Crippen LogP contribution in [0, 0.1) is 19.7 Å². The number of amidine groups is 1. The fraction of sp³-hybridized carbons (Fsp3) is 0.296. The minimum atomic E-state index is -0.459. The third kappa shape index (κ3) is 5.32. The van der Waals surface area contributed by atoms with E-state index >= 15 is 0 Å². The molecule has 35 heavy (non-hydrogen) atoms. The van der Waals surface area contributed by atoms with Crippen molar-refractivity contribution in [1.29, 1.82) is 0 Å². The predicted molar refractivity (Wildman–Crippen MR) is 136 cm³/mol. The van der Waals surface area contributed by atoms with Crippen LogP contribution >= 0.6 is 11.8 Å². The number of ether oxygens (including phenoxy) is 1. The molecule has 4 rings (SSSR count). The Morgan fingerprint density at radius 2 is 1.97 bits per heavy atom. The maximum Gasteiger partial charge on any atom is 0.338 e. The van der Waals surface area contributed by atoms with E-state index in [1.807, 2.05) is 43.2 Å². The molecule has 2 heterocycles. The van der Waals surface area contributed by atoms with Gasteiger partial charge in [-0.05, 0) is 61.9 Å². The number of esters is 1. The quantitative estimate of drug-likeness (QED) is 0.531. The SMILES string of the molecule is CCOC(=O)C1=C(C)N=C2SC=C(CC(=O)NCc3cccc(F)c3)N2[C@@H]1c1ccc(C)cc1C. The van der Waals surface area contributed by atoms with Crippen LogP contribution in [-0.2, 0) is 20.9 Å². The topological polar surface area (TPSA) is 71.0 Å². The van der Waals surface area contributed by atoms with Crippen molar-refractivity contribution < 1.29 is 18.7 Å². The Labute approximate surface area is 209 Å². The van der Waals surface area contributed by atoms with Crippen LogP contribution in [0.25, 0.3) is 0 Å². The Kier molecular flexibility index (Phi) is 7.40. The normalized spacial score (nSPS) is 17.1. The molecule has 0 aliphatic carbocycles. The smallest absolute Gasteiger partial charge is 0.338 e. The zero-order valence-corrected chi connectivity index (χ0v) is 21.0. The van der Waals surface area contributed by atoms with Gasteiger partial charge in [-0.25, -0.2) is 14.2 Å². The third-order valence-corrected chi connectivity index (χ3v) is 6.83. The van der Waals surface area contributed by atoms with Crippen molar-refractivity contribution in [3.63, 3.8) is 0 Å². The van der Waals surface area contributed by atoms with Gasteiger partial charge in [0.05, 0.1) is 30.3 Å². The lowest BCUT2D eigenvalue weighted by molar-refractivity contribution is -0.139. The lowest BCUT2D eigenvalue weighted by Crippen LogP contribution is -2.38. The van der Waals surface area contributed by atoms with E-state index in [9.17, 15) is 14.0 Å². The van der Waals surface area contributed by atoms with Gasteiger partial charge in [-0.2, -0.15) is 0 Å². The Balaban J connectivity index is 1.63. The number of aliphatic imine (C=N–C) groups is 1. The number of benzene rings is 2. The van der Waals surface area contributed by atoms with Gasteiger partial charge in [-0.1, -0.05) is 47.7 Å². The first-order valence-corrected chi connectivity index (χ1v) is 12.4. The molecule has 2 aromatic rings. The molecule has 0 aromatic heterocycles. The van der Waals surface area contributed by atoms with Gasteiger partial charge in [0.2, 0.25) is 5.91 Å². The van der Waals surface area contributed by atoms with Gasteiger partial charge in [0, 0.05) is 12.2 Å². The molecule has 0 saturated carbocycles. The molecule has 0 fully saturated rings. The van der Waals surface area contributed by atoms with Crippen molar-refractivity contribution in [3.8, 4) is 0 Å². The molecule has 6 nitrogen and oxygen atoms in total. The third-order valence-electron chi connectivity index (χ3n) is 5.94. The van der Waals surface area contributed by atoms with E-state index in [1.54, 1.807) is 19.1 Å². The summed E-state index contributed by atoms with van der Waals surface area (Å²) in [5.74, 6) is -0.957. The van der Waals surface area contributed by atoms with Crippen LogP contribution in [0.15, 0.2) is 69.8 Å². The summed E-state index contributed by atoms with van der Waals surface area (Å²) in [5, 5.41) is 5.48. The van der Waals surface area contributed by atoms with Gasteiger partial charge in [-0.3, -0.25) is 4.79 Å². The Bertz CT molecular complexity index is 1270. The van der Waals surface area contributed by atoms with Crippen LogP contribution in [-0.4, -0.2) is 28.6 Å². The minimum absolute atomic E-state index is 0.0951. The molecule has 0 bridgehead atoms. The molecule has 182 valence electrons. The van der Waals surface area contributed by atoms with Crippen LogP contribution in [0.4, 0.5) is 4.39 Å².